The van der Waals surface area contributed by atoms with Crippen molar-refractivity contribution in [3.63, 3.8) is 0 Å². The summed E-state index contributed by atoms with van der Waals surface area (Å²) < 4.78 is 7.66. The lowest BCUT2D eigenvalue weighted by molar-refractivity contribution is -0.385. The molecule has 2 heterocycles. The molecule has 0 radical (unpaired) electrons. The molecular formula is C19H20N2O5. The van der Waals surface area contributed by atoms with Crippen LogP contribution in [0.1, 0.15) is 43.7 Å². The highest BCUT2D eigenvalue weighted by Gasteiger charge is 2.50. The molecule has 1 aromatic carbocycles. The van der Waals surface area contributed by atoms with Crippen molar-refractivity contribution >= 4 is 5.69 Å². The number of nitro benzene ring substituents is 1. The number of ether oxygens (including phenoxy) is 1. The van der Waals surface area contributed by atoms with E-state index in [1.165, 1.54) is 22.8 Å². The molecule has 7 heteroatoms. The normalized spacial score (nSPS) is 23.9. The van der Waals surface area contributed by atoms with Gasteiger partial charge in [-0.05, 0) is 37.8 Å². The average molecular weight is 356 g/mol. The van der Waals surface area contributed by atoms with E-state index < -0.39 is 22.7 Å². The summed E-state index contributed by atoms with van der Waals surface area (Å²) in [5, 5.41) is 22.5. The minimum Gasteiger partial charge on any atom is -0.484 e. The summed E-state index contributed by atoms with van der Waals surface area (Å²) in [5.74, 6) is 0.503. The molecule has 1 N–H and O–H groups in total. The molecule has 26 heavy (non-hydrogen) atoms. The predicted octanol–water partition coefficient (Wildman–Crippen LogP) is 2.80. The van der Waals surface area contributed by atoms with Crippen molar-refractivity contribution in [1.82, 2.24) is 4.57 Å². The Morgan fingerprint density at radius 3 is 2.65 bits per heavy atom. The quantitative estimate of drug-likeness (QED) is 0.659. The molecule has 136 valence electrons. The summed E-state index contributed by atoms with van der Waals surface area (Å²) in [5.41, 5.74) is -0.646. The van der Waals surface area contributed by atoms with Crippen LogP contribution in [0.25, 0.3) is 0 Å². The number of aliphatic hydroxyl groups is 1. The molecule has 2 aromatic rings. The number of rotatable bonds is 2. The number of hydrogen-bond acceptors (Lipinski definition) is 5. The van der Waals surface area contributed by atoms with Crippen LogP contribution in [0.5, 0.6) is 5.75 Å². The van der Waals surface area contributed by atoms with Crippen LogP contribution in [-0.4, -0.2) is 26.3 Å². The number of pyridine rings is 1. The second kappa shape index (κ2) is 6.25. The second-order valence-electron chi connectivity index (χ2n) is 7.04. The minimum absolute atomic E-state index is 0.0897. The van der Waals surface area contributed by atoms with E-state index in [9.17, 15) is 20.0 Å². The van der Waals surface area contributed by atoms with Crippen molar-refractivity contribution in [1.29, 1.82) is 0 Å². The van der Waals surface area contributed by atoms with Crippen molar-refractivity contribution in [2.75, 3.05) is 0 Å². The van der Waals surface area contributed by atoms with Crippen LogP contribution in [-0.2, 0) is 0 Å². The molecule has 1 fully saturated rings. The van der Waals surface area contributed by atoms with Crippen molar-refractivity contribution in [3.05, 3.63) is 68.6 Å². The van der Waals surface area contributed by atoms with Crippen LogP contribution < -0.4 is 10.3 Å². The third kappa shape index (κ3) is 2.59. The molecule has 1 spiro atoms. The molecule has 1 saturated carbocycles. The Balaban J connectivity index is 1.91. The Morgan fingerprint density at radius 1 is 1.19 bits per heavy atom. The van der Waals surface area contributed by atoms with Gasteiger partial charge < -0.3 is 14.4 Å². The van der Waals surface area contributed by atoms with E-state index in [0.29, 0.717) is 24.2 Å². The monoisotopic (exact) mass is 356 g/mol. The van der Waals surface area contributed by atoms with Gasteiger partial charge in [-0.1, -0.05) is 12.5 Å². The van der Waals surface area contributed by atoms with Gasteiger partial charge in [-0.2, -0.15) is 0 Å². The van der Waals surface area contributed by atoms with E-state index in [-0.39, 0.29) is 11.2 Å². The molecule has 0 bridgehead atoms. The molecule has 4 rings (SSSR count). The van der Waals surface area contributed by atoms with E-state index in [4.69, 9.17) is 4.74 Å². The predicted molar refractivity (Wildman–Crippen MR) is 94.4 cm³/mol. The number of aliphatic hydroxyl groups excluding tert-OH is 1. The largest absolute Gasteiger partial charge is 0.484 e. The average Bonchev–Trinajstić information content (AvgIpc) is 2.64. The maximum atomic E-state index is 12.4. The van der Waals surface area contributed by atoms with Gasteiger partial charge in [0.05, 0.1) is 11.0 Å². The molecule has 1 aliphatic heterocycles. The fourth-order valence-corrected chi connectivity index (χ4v) is 4.23. The molecule has 0 amide bonds. The number of hydrogen-bond donors (Lipinski definition) is 1. The van der Waals surface area contributed by atoms with Gasteiger partial charge in [-0.15, -0.1) is 0 Å². The first kappa shape index (κ1) is 16.8. The van der Waals surface area contributed by atoms with E-state index in [0.717, 1.165) is 19.3 Å². The standard InChI is InChI=1S/C19H20N2O5/c22-16-6-2-5-11-20(16)17-14-12-13(21(24)25)7-8-15(14)26-19(18(17)23)9-3-1-4-10-19/h2,5-8,11-12,17-18,23H,1,3-4,9-10H2. The SMILES string of the molecule is O=c1ccccn1C1c2cc([N+](=O)[O-])ccc2OC2(CCCCC2)C1O. The topological polar surface area (TPSA) is 94.6 Å². The Kier molecular flexibility index (Phi) is 4.03. The first-order valence-corrected chi connectivity index (χ1v) is 8.84. The Bertz CT molecular complexity index is 901. The Morgan fingerprint density at radius 2 is 1.96 bits per heavy atom. The van der Waals surface area contributed by atoms with Gasteiger partial charge in [0.25, 0.3) is 11.2 Å². The number of nitro groups is 1. The van der Waals surface area contributed by atoms with Gasteiger partial charge in [0.1, 0.15) is 17.5 Å². The summed E-state index contributed by atoms with van der Waals surface area (Å²) in [6.07, 6.45) is 5.01. The first-order chi connectivity index (χ1) is 12.5. The van der Waals surface area contributed by atoms with E-state index in [1.807, 2.05) is 0 Å². The molecular weight excluding hydrogens is 336 g/mol. The lowest BCUT2D eigenvalue weighted by Crippen LogP contribution is -2.56. The molecule has 0 saturated heterocycles. The van der Waals surface area contributed by atoms with Crippen molar-refractivity contribution in [2.24, 2.45) is 0 Å². The summed E-state index contributed by atoms with van der Waals surface area (Å²) >= 11 is 0. The Labute approximate surface area is 150 Å². The second-order valence-corrected chi connectivity index (χ2v) is 7.04. The van der Waals surface area contributed by atoms with Gasteiger partial charge in [0.2, 0.25) is 0 Å². The van der Waals surface area contributed by atoms with E-state index in [2.05, 4.69) is 0 Å². The fourth-order valence-electron chi connectivity index (χ4n) is 4.23. The van der Waals surface area contributed by atoms with Gasteiger partial charge in [0, 0.05) is 30.0 Å². The lowest BCUT2D eigenvalue weighted by atomic mass is 9.74. The van der Waals surface area contributed by atoms with Gasteiger partial charge in [0.15, 0.2) is 0 Å². The van der Waals surface area contributed by atoms with Crippen LogP contribution in [0.2, 0.25) is 0 Å². The third-order valence-corrected chi connectivity index (χ3v) is 5.52. The first-order valence-electron chi connectivity index (χ1n) is 8.84. The zero-order chi connectivity index (χ0) is 18.3. The number of benzene rings is 1. The highest BCUT2D eigenvalue weighted by atomic mass is 16.6. The number of fused-ring (bicyclic) bond motifs is 1. The maximum absolute atomic E-state index is 12.4. The van der Waals surface area contributed by atoms with Gasteiger partial charge in [-0.25, -0.2) is 0 Å². The molecule has 1 aliphatic carbocycles. The molecule has 1 aromatic heterocycles. The zero-order valence-corrected chi connectivity index (χ0v) is 14.2. The van der Waals surface area contributed by atoms with Crippen LogP contribution in [0.4, 0.5) is 5.69 Å². The highest BCUT2D eigenvalue weighted by molar-refractivity contribution is 5.48. The molecule has 2 atom stereocenters. The summed E-state index contributed by atoms with van der Waals surface area (Å²) in [4.78, 5) is 23.2. The van der Waals surface area contributed by atoms with Crippen LogP contribution in [0.15, 0.2) is 47.4 Å². The summed E-state index contributed by atoms with van der Waals surface area (Å²) in [6, 6.07) is 8.44. The van der Waals surface area contributed by atoms with Crippen molar-refractivity contribution in [3.8, 4) is 5.75 Å². The van der Waals surface area contributed by atoms with Crippen molar-refractivity contribution in [2.45, 2.75) is 49.9 Å². The van der Waals surface area contributed by atoms with Crippen LogP contribution in [0.3, 0.4) is 0 Å². The number of aromatic nitrogens is 1. The van der Waals surface area contributed by atoms with Crippen LogP contribution >= 0.6 is 0 Å². The number of non-ortho nitro benzene ring substituents is 1. The highest BCUT2D eigenvalue weighted by Crippen LogP contribution is 2.48. The fraction of sp³-hybridized carbons (Fsp3) is 0.421. The Hall–Kier alpha value is -2.67. The maximum Gasteiger partial charge on any atom is 0.270 e. The van der Waals surface area contributed by atoms with E-state index >= 15 is 0 Å². The molecule has 2 aliphatic rings. The van der Waals surface area contributed by atoms with Gasteiger partial charge in [-0.3, -0.25) is 14.9 Å². The summed E-state index contributed by atoms with van der Waals surface area (Å²) in [7, 11) is 0. The lowest BCUT2D eigenvalue weighted by Gasteiger charge is -2.48. The van der Waals surface area contributed by atoms with E-state index in [1.54, 1.807) is 24.4 Å². The number of nitrogens with zero attached hydrogens (tertiary/aromatic N) is 2. The van der Waals surface area contributed by atoms with Crippen LogP contribution in [0, 0.1) is 10.1 Å². The molecule has 7 nitrogen and oxygen atoms in total. The smallest absolute Gasteiger partial charge is 0.270 e. The minimum atomic E-state index is -0.961. The zero-order valence-electron chi connectivity index (χ0n) is 14.2. The molecule has 2 unspecified atom stereocenters. The van der Waals surface area contributed by atoms with Crippen molar-refractivity contribution < 1.29 is 14.8 Å². The van der Waals surface area contributed by atoms with Gasteiger partial charge >= 0.3 is 0 Å². The summed E-state index contributed by atoms with van der Waals surface area (Å²) in [6.45, 7) is 0. The third-order valence-electron chi connectivity index (χ3n) is 5.52.